The Kier molecular flexibility index (Phi) is 5.98. The van der Waals surface area contributed by atoms with E-state index >= 15 is 0 Å². The number of hydrogen-bond acceptors (Lipinski definition) is 3. The molecule has 2 heterocycles. The summed E-state index contributed by atoms with van der Waals surface area (Å²) in [7, 11) is 0. The number of nitrogens with zero attached hydrogens (tertiary/aromatic N) is 3. The Labute approximate surface area is 248 Å². The highest BCUT2D eigenvalue weighted by atomic mass is 32.1. The van der Waals surface area contributed by atoms with Gasteiger partial charge in [0.15, 0.2) is 11.6 Å². The quantitative estimate of drug-likeness (QED) is 0.211. The Bertz CT molecular complexity index is 2180. The Hall–Kier alpha value is -5.32. The van der Waals surface area contributed by atoms with Crippen LogP contribution in [0, 0.1) is 0 Å². The van der Waals surface area contributed by atoms with Crippen LogP contribution in [0.5, 0.6) is 0 Å². The van der Waals surface area contributed by atoms with Gasteiger partial charge in [0.1, 0.15) is 0 Å². The smallest absolute Gasteiger partial charge is 0.169 e. The molecule has 0 amide bonds. The summed E-state index contributed by atoms with van der Waals surface area (Å²) in [6, 6.07) is 53.2. The van der Waals surface area contributed by atoms with Crippen LogP contribution < -0.4 is 0 Å². The van der Waals surface area contributed by atoms with Gasteiger partial charge in [0.2, 0.25) is 0 Å². The van der Waals surface area contributed by atoms with Gasteiger partial charge in [-0.1, -0.05) is 133 Å². The van der Waals surface area contributed by atoms with Crippen molar-refractivity contribution in [1.82, 2.24) is 14.8 Å². The van der Waals surface area contributed by atoms with Gasteiger partial charge >= 0.3 is 0 Å². The Balaban J connectivity index is 1.26. The molecule has 2 aromatic heterocycles. The average Bonchev–Trinajstić information content (AvgIpc) is 3.68. The molecule has 0 fully saturated rings. The minimum Gasteiger partial charge on any atom is -0.275 e. The monoisotopic (exact) mass is 555 g/mol. The summed E-state index contributed by atoms with van der Waals surface area (Å²) in [5.74, 6) is 1.63. The molecular weight excluding hydrogens is 531 g/mol. The fourth-order valence-electron chi connectivity index (χ4n) is 5.79. The van der Waals surface area contributed by atoms with Crippen molar-refractivity contribution in [3.05, 3.63) is 152 Å². The van der Waals surface area contributed by atoms with Gasteiger partial charge in [-0.05, 0) is 40.5 Å². The second-order valence-electron chi connectivity index (χ2n) is 10.3. The summed E-state index contributed by atoms with van der Waals surface area (Å²) < 4.78 is 4.80. The molecule has 0 aliphatic carbocycles. The van der Waals surface area contributed by atoms with E-state index in [0.717, 1.165) is 39.6 Å². The van der Waals surface area contributed by atoms with Crippen molar-refractivity contribution in [3.63, 3.8) is 0 Å². The summed E-state index contributed by atoms with van der Waals surface area (Å²) >= 11 is 1.86. The van der Waals surface area contributed by atoms with E-state index in [2.05, 4.69) is 144 Å². The van der Waals surface area contributed by atoms with Crippen molar-refractivity contribution < 1.29 is 0 Å². The Morgan fingerprint density at radius 3 is 1.79 bits per heavy atom. The summed E-state index contributed by atoms with van der Waals surface area (Å²) in [4.78, 5) is 0. The SMILES string of the molecule is c1ccc(-c2ccccc2-c2nnc(-c3ccc(-c4cccc5c4sc4ccccc45)cc3)n2-c2ccccc2)cc1. The summed E-state index contributed by atoms with van der Waals surface area (Å²) in [5, 5.41) is 12.2. The van der Waals surface area contributed by atoms with Crippen molar-refractivity contribution in [3.8, 4) is 50.7 Å². The van der Waals surface area contributed by atoms with E-state index in [9.17, 15) is 0 Å². The number of benzene rings is 6. The van der Waals surface area contributed by atoms with Crippen LogP contribution >= 0.6 is 11.3 Å². The standard InChI is InChI=1S/C38H25N3S/c1-3-12-26(13-4-1)30-16-7-8-18-34(30)38-40-39-37(41(38)29-14-5-2-6-15-29)28-24-22-27(23-25-28)31-19-11-20-33-32-17-9-10-21-35(32)42-36(31)33/h1-25H. The molecule has 4 heteroatoms. The number of rotatable bonds is 5. The van der Waals surface area contributed by atoms with Gasteiger partial charge in [0.05, 0.1) is 0 Å². The molecule has 0 aliphatic rings. The Morgan fingerprint density at radius 2 is 0.976 bits per heavy atom. The molecule has 8 rings (SSSR count). The molecule has 0 N–H and O–H groups in total. The minimum atomic E-state index is 0.811. The van der Waals surface area contributed by atoms with E-state index in [0.29, 0.717) is 0 Å². The maximum absolute atomic E-state index is 4.79. The maximum atomic E-state index is 4.79. The first kappa shape index (κ1) is 24.5. The van der Waals surface area contributed by atoms with Gasteiger partial charge < -0.3 is 0 Å². The van der Waals surface area contributed by atoms with E-state index in [4.69, 9.17) is 10.2 Å². The first-order valence-corrected chi connectivity index (χ1v) is 14.8. The van der Waals surface area contributed by atoms with Gasteiger partial charge in [0, 0.05) is 37.0 Å². The van der Waals surface area contributed by atoms with Crippen LogP contribution in [0.25, 0.3) is 70.9 Å². The van der Waals surface area contributed by atoms with Crippen LogP contribution in [0.3, 0.4) is 0 Å². The predicted octanol–water partition coefficient (Wildman–Crippen LogP) is 10.3. The molecule has 42 heavy (non-hydrogen) atoms. The molecule has 0 saturated carbocycles. The molecule has 0 radical (unpaired) electrons. The first-order valence-electron chi connectivity index (χ1n) is 14.0. The highest BCUT2D eigenvalue weighted by molar-refractivity contribution is 7.26. The number of fused-ring (bicyclic) bond motifs is 3. The number of para-hydroxylation sites is 1. The lowest BCUT2D eigenvalue weighted by Gasteiger charge is -2.14. The average molecular weight is 556 g/mol. The van der Waals surface area contributed by atoms with Gasteiger partial charge in [-0.2, -0.15) is 0 Å². The van der Waals surface area contributed by atoms with Gasteiger partial charge in [-0.3, -0.25) is 4.57 Å². The van der Waals surface area contributed by atoms with E-state index in [-0.39, 0.29) is 0 Å². The van der Waals surface area contributed by atoms with Crippen molar-refractivity contribution in [2.24, 2.45) is 0 Å². The lowest BCUT2D eigenvalue weighted by Crippen LogP contribution is -2.01. The topological polar surface area (TPSA) is 30.7 Å². The second-order valence-corrected chi connectivity index (χ2v) is 11.3. The predicted molar refractivity (Wildman–Crippen MR) is 176 cm³/mol. The molecule has 0 aliphatic heterocycles. The molecule has 198 valence electrons. The number of aromatic nitrogens is 3. The van der Waals surface area contributed by atoms with Crippen molar-refractivity contribution in [2.75, 3.05) is 0 Å². The lowest BCUT2D eigenvalue weighted by molar-refractivity contribution is 1.07. The van der Waals surface area contributed by atoms with Crippen molar-refractivity contribution >= 4 is 31.5 Å². The normalized spacial score (nSPS) is 11.3. The van der Waals surface area contributed by atoms with Gasteiger partial charge in [0.25, 0.3) is 0 Å². The second kappa shape index (κ2) is 10.3. The zero-order chi connectivity index (χ0) is 27.9. The molecule has 8 aromatic rings. The highest BCUT2D eigenvalue weighted by Gasteiger charge is 2.20. The summed E-state index contributed by atoms with van der Waals surface area (Å²) in [6.07, 6.45) is 0. The van der Waals surface area contributed by atoms with Crippen LogP contribution in [-0.4, -0.2) is 14.8 Å². The third-order valence-electron chi connectivity index (χ3n) is 7.79. The van der Waals surface area contributed by atoms with E-state index < -0.39 is 0 Å². The first-order chi connectivity index (χ1) is 20.8. The zero-order valence-corrected chi connectivity index (χ0v) is 23.5. The molecule has 0 unspecified atom stereocenters. The Morgan fingerprint density at radius 1 is 0.405 bits per heavy atom. The molecule has 0 atom stereocenters. The lowest BCUT2D eigenvalue weighted by atomic mass is 9.99. The molecule has 6 aromatic carbocycles. The third kappa shape index (κ3) is 4.12. The molecular formula is C38H25N3S. The third-order valence-corrected chi connectivity index (χ3v) is 9.01. The van der Waals surface area contributed by atoms with Crippen LogP contribution in [0.1, 0.15) is 0 Å². The van der Waals surface area contributed by atoms with Crippen LogP contribution in [0.4, 0.5) is 0 Å². The minimum absolute atomic E-state index is 0.811. The molecule has 0 saturated heterocycles. The fourth-order valence-corrected chi connectivity index (χ4v) is 7.03. The van der Waals surface area contributed by atoms with E-state index in [1.807, 2.05) is 23.5 Å². The highest BCUT2D eigenvalue weighted by Crippen LogP contribution is 2.40. The van der Waals surface area contributed by atoms with Gasteiger partial charge in [-0.15, -0.1) is 21.5 Å². The molecule has 0 bridgehead atoms. The van der Waals surface area contributed by atoms with E-state index in [1.54, 1.807) is 0 Å². The molecule has 3 nitrogen and oxygen atoms in total. The molecule has 0 spiro atoms. The van der Waals surface area contributed by atoms with Crippen LogP contribution in [-0.2, 0) is 0 Å². The zero-order valence-electron chi connectivity index (χ0n) is 22.7. The van der Waals surface area contributed by atoms with Gasteiger partial charge in [-0.25, -0.2) is 0 Å². The van der Waals surface area contributed by atoms with E-state index in [1.165, 1.54) is 31.3 Å². The van der Waals surface area contributed by atoms with Crippen molar-refractivity contribution in [2.45, 2.75) is 0 Å². The largest absolute Gasteiger partial charge is 0.275 e. The number of thiophene rings is 1. The van der Waals surface area contributed by atoms with Crippen molar-refractivity contribution in [1.29, 1.82) is 0 Å². The fraction of sp³-hybridized carbons (Fsp3) is 0. The maximum Gasteiger partial charge on any atom is 0.169 e. The summed E-state index contributed by atoms with van der Waals surface area (Å²) in [5.41, 5.74) is 7.80. The number of hydrogen-bond donors (Lipinski definition) is 0. The van der Waals surface area contributed by atoms with Crippen LogP contribution in [0.15, 0.2) is 152 Å². The summed E-state index contributed by atoms with van der Waals surface area (Å²) in [6.45, 7) is 0. The van der Waals surface area contributed by atoms with Crippen LogP contribution in [0.2, 0.25) is 0 Å².